The molecule has 2 nitrogen and oxygen atoms in total. The summed E-state index contributed by atoms with van der Waals surface area (Å²) in [5, 5.41) is 0. The summed E-state index contributed by atoms with van der Waals surface area (Å²) in [6, 6.07) is 5.12. The van der Waals surface area contributed by atoms with Crippen LogP contribution in [0.15, 0.2) is 36.4 Å². The molecule has 0 amide bonds. The number of hydrogen-bond acceptors (Lipinski definition) is 2. The molecule has 0 aromatic heterocycles. The lowest BCUT2D eigenvalue weighted by molar-refractivity contribution is 0.501. The van der Waals surface area contributed by atoms with Crippen molar-refractivity contribution in [1.82, 2.24) is 5.43 Å². The Morgan fingerprint density at radius 1 is 0.842 bits per heavy atom. The number of benzene rings is 2. The van der Waals surface area contributed by atoms with Gasteiger partial charge in [0.1, 0.15) is 11.6 Å². The molecule has 6 heteroatoms. The van der Waals surface area contributed by atoms with Crippen LogP contribution in [0.1, 0.15) is 17.2 Å². The molecule has 0 aliphatic rings. The van der Waals surface area contributed by atoms with Crippen LogP contribution in [0.25, 0.3) is 0 Å². The smallest absolute Gasteiger partial charge is 0.159 e. The number of nitrogens with two attached hydrogens (primary N) is 1. The molecule has 2 rings (SSSR count). The van der Waals surface area contributed by atoms with Crippen molar-refractivity contribution in [3.8, 4) is 0 Å². The molecule has 0 saturated heterocycles. The molecule has 0 bridgehead atoms. The highest BCUT2D eigenvalue weighted by Crippen LogP contribution is 2.25. The molecule has 0 heterocycles. The summed E-state index contributed by atoms with van der Waals surface area (Å²) in [5.74, 6) is 1.66. The summed E-state index contributed by atoms with van der Waals surface area (Å²) in [5.41, 5.74) is 2.56. The minimum atomic E-state index is -1.07. The van der Waals surface area contributed by atoms with Gasteiger partial charge in [0.25, 0.3) is 0 Å². The van der Waals surface area contributed by atoms with E-state index in [1.54, 1.807) is 0 Å². The van der Waals surface area contributed by atoms with Crippen LogP contribution in [-0.2, 0) is 0 Å². The minimum absolute atomic E-state index is 0.0370. The van der Waals surface area contributed by atoms with Gasteiger partial charge in [-0.05, 0) is 23.8 Å². The summed E-state index contributed by atoms with van der Waals surface area (Å²) in [4.78, 5) is 0. The Hall–Kier alpha value is -1.92. The maximum absolute atomic E-state index is 13.6. The summed E-state index contributed by atoms with van der Waals surface area (Å²) in [6.45, 7) is 0. The zero-order chi connectivity index (χ0) is 14.0. The van der Waals surface area contributed by atoms with E-state index in [2.05, 4.69) is 5.43 Å². The fraction of sp³-hybridized carbons (Fsp3) is 0.0769. The van der Waals surface area contributed by atoms with Gasteiger partial charge in [0.2, 0.25) is 0 Å². The number of nitrogens with one attached hydrogen (secondary N) is 1. The molecule has 2 aromatic carbocycles. The fourth-order valence-electron chi connectivity index (χ4n) is 1.79. The van der Waals surface area contributed by atoms with Crippen molar-refractivity contribution in [1.29, 1.82) is 0 Å². The SMILES string of the molecule is NNC(c1ccc(F)c(F)c1)c1ccc(F)cc1F. The molecule has 1 unspecified atom stereocenters. The van der Waals surface area contributed by atoms with Gasteiger partial charge in [-0.3, -0.25) is 5.84 Å². The number of rotatable bonds is 3. The van der Waals surface area contributed by atoms with Crippen molar-refractivity contribution >= 4 is 0 Å². The van der Waals surface area contributed by atoms with Gasteiger partial charge >= 0.3 is 0 Å². The van der Waals surface area contributed by atoms with Crippen LogP contribution in [0.2, 0.25) is 0 Å². The minimum Gasteiger partial charge on any atom is -0.271 e. The zero-order valence-corrected chi connectivity index (χ0v) is 9.63. The van der Waals surface area contributed by atoms with Gasteiger partial charge in [-0.1, -0.05) is 12.1 Å². The first-order valence-corrected chi connectivity index (χ1v) is 5.39. The van der Waals surface area contributed by atoms with E-state index in [1.807, 2.05) is 0 Å². The first kappa shape index (κ1) is 13.5. The molecule has 0 spiro atoms. The van der Waals surface area contributed by atoms with Gasteiger partial charge in [0.15, 0.2) is 11.6 Å². The predicted octanol–water partition coefficient (Wildman–Crippen LogP) is 2.80. The van der Waals surface area contributed by atoms with Crippen LogP contribution in [0.4, 0.5) is 17.6 Å². The third-order valence-electron chi connectivity index (χ3n) is 2.72. The van der Waals surface area contributed by atoms with Crippen LogP contribution in [0, 0.1) is 23.3 Å². The van der Waals surface area contributed by atoms with Crippen LogP contribution >= 0.6 is 0 Å². The quantitative estimate of drug-likeness (QED) is 0.511. The van der Waals surface area contributed by atoms with Gasteiger partial charge in [-0.15, -0.1) is 0 Å². The van der Waals surface area contributed by atoms with Gasteiger partial charge in [0, 0.05) is 11.6 Å². The fourth-order valence-corrected chi connectivity index (χ4v) is 1.79. The Morgan fingerprint density at radius 3 is 2.16 bits per heavy atom. The Labute approximate surface area is 106 Å². The molecule has 0 aliphatic carbocycles. The number of halogens is 4. The Bertz CT molecular complexity index is 601. The number of hydrazine groups is 1. The van der Waals surface area contributed by atoms with Gasteiger partial charge in [-0.2, -0.15) is 0 Å². The van der Waals surface area contributed by atoms with E-state index in [0.717, 1.165) is 18.2 Å². The Morgan fingerprint density at radius 2 is 1.58 bits per heavy atom. The molecule has 19 heavy (non-hydrogen) atoms. The predicted molar refractivity (Wildman–Crippen MR) is 61.9 cm³/mol. The standard InChI is InChI=1S/C13H10F4N2/c14-8-2-3-9(11(16)6-8)13(19-18)7-1-4-10(15)12(17)5-7/h1-6,13,19H,18H2. The lowest BCUT2D eigenvalue weighted by Crippen LogP contribution is -2.29. The normalized spacial score (nSPS) is 12.5. The highest BCUT2D eigenvalue weighted by molar-refractivity contribution is 5.33. The molecule has 0 radical (unpaired) electrons. The largest absolute Gasteiger partial charge is 0.271 e. The van der Waals surface area contributed by atoms with Crippen LogP contribution in [0.3, 0.4) is 0 Å². The average Bonchev–Trinajstić information content (AvgIpc) is 2.37. The van der Waals surface area contributed by atoms with E-state index in [-0.39, 0.29) is 11.1 Å². The summed E-state index contributed by atoms with van der Waals surface area (Å²) >= 11 is 0. The maximum atomic E-state index is 13.6. The lowest BCUT2D eigenvalue weighted by atomic mass is 9.98. The molecule has 3 N–H and O–H groups in total. The molecule has 0 fully saturated rings. The third kappa shape index (κ3) is 2.74. The van der Waals surface area contributed by atoms with Gasteiger partial charge in [-0.25, -0.2) is 23.0 Å². The van der Waals surface area contributed by atoms with Gasteiger partial charge < -0.3 is 0 Å². The lowest BCUT2D eigenvalue weighted by Gasteiger charge is -2.17. The monoisotopic (exact) mass is 270 g/mol. The first-order chi connectivity index (χ1) is 9.02. The average molecular weight is 270 g/mol. The van der Waals surface area contributed by atoms with Gasteiger partial charge in [0.05, 0.1) is 6.04 Å². The molecular formula is C13H10F4N2. The van der Waals surface area contributed by atoms with Crippen molar-refractivity contribution in [2.45, 2.75) is 6.04 Å². The Kier molecular flexibility index (Phi) is 3.82. The second-order valence-electron chi connectivity index (χ2n) is 3.94. The van der Waals surface area contributed by atoms with E-state index in [0.29, 0.717) is 6.07 Å². The van der Waals surface area contributed by atoms with E-state index < -0.39 is 29.3 Å². The van der Waals surface area contributed by atoms with E-state index in [1.165, 1.54) is 12.1 Å². The van der Waals surface area contributed by atoms with Crippen molar-refractivity contribution in [2.75, 3.05) is 0 Å². The maximum Gasteiger partial charge on any atom is 0.159 e. The van der Waals surface area contributed by atoms with E-state index >= 15 is 0 Å². The second kappa shape index (κ2) is 5.38. The highest BCUT2D eigenvalue weighted by Gasteiger charge is 2.18. The third-order valence-corrected chi connectivity index (χ3v) is 2.72. The van der Waals surface area contributed by atoms with E-state index in [9.17, 15) is 17.6 Å². The van der Waals surface area contributed by atoms with Crippen LogP contribution in [-0.4, -0.2) is 0 Å². The molecule has 0 saturated carbocycles. The van der Waals surface area contributed by atoms with Crippen LogP contribution < -0.4 is 11.3 Å². The summed E-state index contributed by atoms with van der Waals surface area (Å²) < 4.78 is 52.5. The number of hydrogen-bond donors (Lipinski definition) is 2. The highest BCUT2D eigenvalue weighted by atomic mass is 19.2. The topological polar surface area (TPSA) is 38.0 Å². The van der Waals surface area contributed by atoms with Crippen molar-refractivity contribution in [3.63, 3.8) is 0 Å². The summed E-state index contributed by atoms with van der Waals surface area (Å²) in [7, 11) is 0. The molecule has 100 valence electrons. The summed E-state index contributed by atoms with van der Waals surface area (Å²) in [6.07, 6.45) is 0. The van der Waals surface area contributed by atoms with Crippen molar-refractivity contribution in [3.05, 3.63) is 70.8 Å². The molecule has 0 aliphatic heterocycles. The Balaban J connectivity index is 2.46. The van der Waals surface area contributed by atoms with E-state index in [4.69, 9.17) is 5.84 Å². The molecule has 1 atom stereocenters. The first-order valence-electron chi connectivity index (χ1n) is 5.39. The molecule has 2 aromatic rings. The molecular weight excluding hydrogens is 260 g/mol. The van der Waals surface area contributed by atoms with Crippen molar-refractivity contribution < 1.29 is 17.6 Å². The zero-order valence-electron chi connectivity index (χ0n) is 9.63. The second-order valence-corrected chi connectivity index (χ2v) is 3.94. The van der Waals surface area contributed by atoms with Crippen molar-refractivity contribution in [2.24, 2.45) is 5.84 Å². The van der Waals surface area contributed by atoms with Crippen LogP contribution in [0.5, 0.6) is 0 Å².